The summed E-state index contributed by atoms with van der Waals surface area (Å²) in [5.74, 6) is 0.283. The fourth-order valence-corrected chi connectivity index (χ4v) is 6.28. The number of aliphatic imine (C=N–C) groups is 2. The molecule has 0 unspecified atom stereocenters. The molecule has 1 heterocycles. The Balaban J connectivity index is 0.00000216. The Bertz CT molecular complexity index is 1190. The molecular formula is C33H46FN5S. The third-order valence-corrected chi connectivity index (χ3v) is 8.91. The lowest BCUT2D eigenvalue weighted by atomic mass is 9.53. The van der Waals surface area contributed by atoms with Crippen molar-refractivity contribution in [3.8, 4) is 0 Å². The molecule has 2 bridgehead atoms. The van der Waals surface area contributed by atoms with Gasteiger partial charge >= 0.3 is 0 Å². The van der Waals surface area contributed by atoms with Crippen LogP contribution in [0.25, 0.3) is 0 Å². The monoisotopic (exact) mass is 563 g/mol. The van der Waals surface area contributed by atoms with Gasteiger partial charge in [-0.15, -0.1) is 6.58 Å². The first kappa shape index (κ1) is 31.5. The third kappa shape index (κ3) is 7.17. The van der Waals surface area contributed by atoms with Gasteiger partial charge in [0.25, 0.3) is 0 Å². The van der Waals surface area contributed by atoms with E-state index in [9.17, 15) is 4.39 Å². The van der Waals surface area contributed by atoms with Gasteiger partial charge < -0.3 is 10.6 Å². The highest BCUT2D eigenvalue weighted by Gasteiger charge is 2.47. The highest BCUT2D eigenvalue weighted by Crippen LogP contribution is 2.58. The molecule has 0 aromatic heterocycles. The molecule has 1 aromatic carbocycles. The molecule has 40 heavy (non-hydrogen) atoms. The normalized spacial score (nSPS) is 24.6. The molecule has 0 spiro atoms. The van der Waals surface area contributed by atoms with Gasteiger partial charge in [0.15, 0.2) is 0 Å². The number of allylic oxidation sites excluding steroid dienone is 3. The molecule has 2 N–H and O–H groups in total. The molecule has 3 aliphatic carbocycles. The van der Waals surface area contributed by atoms with Crippen LogP contribution in [0.15, 0.2) is 77.2 Å². The lowest BCUT2D eigenvalue weighted by Gasteiger charge is -2.53. The molecule has 0 saturated heterocycles. The Labute approximate surface area is 246 Å². The van der Waals surface area contributed by atoms with Gasteiger partial charge in [0, 0.05) is 32.3 Å². The van der Waals surface area contributed by atoms with Crippen LogP contribution < -0.4 is 10.6 Å². The average molecular weight is 564 g/mol. The van der Waals surface area contributed by atoms with Gasteiger partial charge in [-0.2, -0.15) is 0 Å². The molecule has 0 radical (unpaired) electrons. The lowest BCUT2D eigenvalue weighted by Crippen LogP contribution is -2.46. The summed E-state index contributed by atoms with van der Waals surface area (Å²) < 4.78 is 13.7. The van der Waals surface area contributed by atoms with Crippen LogP contribution in [0, 0.1) is 23.6 Å². The number of aryl methyl sites for hydroxylation is 1. The van der Waals surface area contributed by atoms with Crippen LogP contribution in [0.5, 0.6) is 0 Å². The lowest BCUT2D eigenvalue weighted by molar-refractivity contribution is -0.00453. The number of hydrogen-bond acceptors (Lipinski definition) is 4. The highest BCUT2D eigenvalue weighted by molar-refractivity contribution is 7.78. The van der Waals surface area contributed by atoms with E-state index in [1.165, 1.54) is 50.1 Å². The number of nitrogens with one attached hydrogen (secondary N) is 2. The number of hydrogen-bond donors (Lipinski definition) is 2. The molecule has 7 heteroatoms. The van der Waals surface area contributed by atoms with Crippen LogP contribution in [-0.2, 0) is 6.54 Å². The zero-order chi connectivity index (χ0) is 29.3. The highest BCUT2D eigenvalue weighted by atomic mass is 32.1. The maximum absolute atomic E-state index is 13.7. The van der Waals surface area contributed by atoms with Crippen molar-refractivity contribution in [1.82, 2.24) is 15.5 Å². The Morgan fingerprint density at radius 3 is 2.33 bits per heavy atom. The summed E-state index contributed by atoms with van der Waals surface area (Å²) in [6, 6.07) is 5.09. The number of halogens is 1. The van der Waals surface area contributed by atoms with Crippen LogP contribution in [0.1, 0.15) is 76.3 Å². The van der Waals surface area contributed by atoms with Crippen LogP contribution in [0.2, 0.25) is 0 Å². The predicted molar refractivity (Wildman–Crippen MR) is 172 cm³/mol. The second-order valence-corrected chi connectivity index (χ2v) is 11.3. The number of nitrogens with zero attached hydrogens (tertiary/aromatic N) is 3. The van der Waals surface area contributed by atoms with Crippen molar-refractivity contribution in [1.29, 1.82) is 0 Å². The van der Waals surface area contributed by atoms with E-state index in [1.54, 1.807) is 24.9 Å². The number of rotatable bonds is 11. The van der Waals surface area contributed by atoms with Crippen molar-refractivity contribution in [2.45, 2.75) is 78.7 Å². The predicted octanol–water partition coefficient (Wildman–Crippen LogP) is 7.76. The number of fused-ring (bicyclic) bond motifs is 3. The zero-order valence-corrected chi connectivity index (χ0v) is 25.6. The molecule has 5 nitrogen and oxygen atoms in total. The fourth-order valence-electron chi connectivity index (χ4n) is 6.07. The fraction of sp³-hybridized carbons (Fsp3) is 0.485. The summed E-state index contributed by atoms with van der Waals surface area (Å²) in [5, 5.41) is 6.99. The Morgan fingerprint density at radius 1 is 1.10 bits per heavy atom. The van der Waals surface area contributed by atoms with Crippen molar-refractivity contribution in [2.75, 3.05) is 13.6 Å². The van der Waals surface area contributed by atoms with Gasteiger partial charge in [0.2, 0.25) is 5.96 Å². The minimum absolute atomic E-state index is 0.208. The average Bonchev–Trinajstić information content (AvgIpc) is 3.18. The van der Waals surface area contributed by atoms with Crippen molar-refractivity contribution < 1.29 is 4.39 Å². The molecule has 3 fully saturated rings. The van der Waals surface area contributed by atoms with E-state index in [4.69, 9.17) is 17.2 Å². The number of guanidine groups is 1. The van der Waals surface area contributed by atoms with Gasteiger partial charge in [-0.25, -0.2) is 9.38 Å². The van der Waals surface area contributed by atoms with Crippen molar-refractivity contribution in [3.63, 3.8) is 0 Å². The molecule has 216 valence electrons. The maximum Gasteiger partial charge on any atom is 0.230 e. The molecule has 5 rings (SSSR count). The first-order valence-corrected chi connectivity index (χ1v) is 14.9. The smallest absolute Gasteiger partial charge is 0.230 e. The SMILES string of the molecule is C=CCC12CCC(CNC(=C)C3=NC(=NC)N(C=S)C(C(=C)NCc4ccc(F)c(C)c4)=CC3)(CC1)CC2.CC. The molecule has 3 saturated carbocycles. The van der Waals surface area contributed by atoms with E-state index < -0.39 is 0 Å². The Morgan fingerprint density at radius 2 is 1.75 bits per heavy atom. The van der Waals surface area contributed by atoms with E-state index in [0.29, 0.717) is 41.0 Å². The van der Waals surface area contributed by atoms with Gasteiger partial charge in [-0.3, -0.25) is 9.89 Å². The van der Waals surface area contributed by atoms with E-state index >= 15 is 0 Å². The minimum atomic E-state index is -0.208. The van der Waals surface area contributed by atoms with E-state index in [0.717, 1.165) is 35.6 Å². The first-order chi connectivity index (χ1) is 19.2. The minimum Gasteiger partial charge on any atom is -0.383 e. The number of thiocarbonyl (C=S) groups is 1. The summed E-state index contributed by atoms with van der Waals surface area (Å²) in [5.41, 5.74) is 7.11. The number of benzene rings is 1. The zero-order valence-electron chi connectivity index (χ0n) is 24.8. The van der Waals surface area contributed by atoms with Gasteiger partial charge in [-0.05, 0) is 79.9 Å². The van der Waals surface area contributed by atoms with Crippen molar-refractivity contribution in [3.05, 3.63) is 84.1 Å². The van der Waals surface area contributed by atoms with Crippen molar-refractivity contribution >= 4 is 29.4 Å². The molecule has 1 aliphatic heterocycles. The largest absolute Gasteiger partial charge is 0.383 e. The summed E-state index contributed by atoms with van der Waals surface area (Å²) in [4.78, 5) is 11.0. The van der Waals surface area contributed by atoms with Crippen molar-refractivity contribution in [2.24, 2.45) is 20.8 Å². The molecular weight excluding hydrogens is 517 g/mol. The second-order valence-electron chi connectivity index (χ2n) is 11.1. The van der Waals surface area contributed by atoms with Crippen LogP contribution in [-0.4, -0.2) is 35.7 Å². The quantitative estimate of drug-likeness (QED) is 0.213. The molecule has 1 aromatic rings. The van der Waals surface area contributed by atoms with Crippen LogP contribution >= 0.6 is 12.2 Å². The Hall–Kier alpha value is -3.06. The van der Waals surface area contributed by atoms with E-state index in [2.05, 4.69) is 47.5 Å². The summed E-state index contributed by atoms with van der Waals surface area (Å²) in [6.07, 6.45) is 13.6. The second kappa shape index (κ2) is 14.0. The Kier molecular flexibility index (Phi) is 11.0. The van der Waals surface area contributed by atoms with E-state index in [1.807, 2.05) is 19.9 Å². The van der Waals surface area contributed by atoms with E-state index in [-0.39, 0.29) is 5.82 Å². The van der Waals surface area contributed by atoms with Gasteiger partial charge in [0.1, 0.15) is 5.82 Å². The van der Waals surface area contributed by atoms with Gasteiger partial charge in [-0.1, -0.05) is 63.5 Å². The molecule has 0 amide bonds. The van der Waals surface area contributed by atoms with Crippen LogP contribution in [0.3, 0.4) is 0 Å². The standard InChI is InChI=1S/C31H40FN5S.C2H6/c1-6-11-30-12-15-31(16-13-30,17-14-30)20-35-23(3)27-9-10-28(37(21-38)29(33-5)36-27)24(4)34-19-25-7-8-26(32)22(2)18-25;1-2/h6-8,10,18,21,34-35H,1,3-4,9,11-17,19-20H2,2,5H3;1-2H3. The maximum atomic E-state index is 13.7. The first-order valence-electron chi connectivity index (χ1n) is 14.4. The summed E-state index contributed by atoms with van der Waals surface area (Å²) in [6.45, 7) is 19.8. The molecule has 0 atom stereocenters. The third-order valence-electron chi connectivity index (χ3n) is 8.70. The topological polar surface area (TPSA) is 52.0 Å². The summed E-state index contributed by atoms with van der Waals surface area (Å²) in [7, 11) is 1.71. The summed E-state index contributed by atoms with van der Waals surface area (Å²) >= 11 is 5.34. The van der Waals surface area contributed by atoms with Crippen LogP contribution in [0.4, 0.5) is 4.39 Å². The van der Waals surface area contributed by atoms with Gasteiger partial charge in [0.05, 0.1) is 22.6 Å². The molecule has 4 aliphatic rings.